The summed E-state index contributed by atoms with van der Waals surface area (Å²) in [5.41, 5.74) is 0. The third-order valence-electron chi connectivity index (χ3n) is 1.57. The normalized spacial score (nSPS) is 9.77. The molecule has 0 heterocycles. The molecule has 76 valence electrons. The van der Waals surface area contributed by atoms with Crippen molar-refractivity contribution in [3.05, 3.63) is 0 Å². The number of nitrogens with one attached hydrogen (secondary N) is 1. The maximum Gasteiger partial charge on any atom is 0.407 e. The highest BCUT2D eigenvalue weighted by Crippen LogP contribution is 2.02. The minimum absolute atomic E-state index is 0.131. The third kappa shape index (κ3) is 5.95. The molecule has 5 heteroatoms. The van der Waals surface area contributed by atoms with Crippen LogP contribution in [0.3, 0.4) is 0 Å². The summed E-state index contributed by atoms with van der Waals surface area (Å²) in [7, 11) is 0. The second-order valence-electron chi connectivity index (χ2n) is 2.59. The predicted octanol–water partition coefficient (Wildman–Crippen LogP) is 0.986. The van der Waals surface area contributed by atoms with Gasteiger partial charge in [0.05, 0.1) is 0 Å². The number of carboxylic acids is 1. The first-order valence-electron chi connectivity index (χ1n) is 4.26. The van der Waals surface area contributed by atoms with E-state index in [4.69, 9.17) is 9.84 Å². The van der Waals surface area contributed by atoms with Gasteiger partial charge in [0.25, 0.3) is 0 Å². The fourth-order valence-corrected chi connectivity index (χ4v) is 0.796. The topological polar surface area (TPSA) is 75.6 Å². The van der Waals surface area contributed by atoms with E-state index in [0.717, 1.165) is 12.8 Å². The zero-order chi connectivity index (χ0) is 10.3. The van der Waals surface area contributed by atoms with E-state index >= 15 is 0 Å². The summed E-state index contributed by atoms with van der Waals surface area (Å²) in [5.74, 6) is -1.08. The Bertz CT molecular complexity index is 177. The number of aliphatic carboxylic acids is 1. The zero-order valence-corrected chi connectivity index (χ0v) is 7.87. The second-order valence-corrected chi connectivity index (χ2v) is 2.59. The molecule has 5 nitrogen and oxygen atoms in total. The van der Waals surface area contributed by atoms with Crippen LogP contribution in [0.15, 0.2) is 0 Å². The summed E-state index contributed by atoms with van der Waals surface area (Å²) in [5, 5.41) is 10.4. The van der Waals surface area contributed by atoms with E-state index in [9.17, 15) is 9.59 Å². The van der Waals surface area contributed by atoms with Gasteiger partial charge in [-0.3, -0.25) is 4.79 Å². The molecule has 0 rings (SSSR count). The number of carbonyl (C=O) groups excluding carboxylic acids is 1. The van der Waals surface area contributed by atoms with Gasteiger partial charge in [0.2, 0.25) is 0 Å². The van der Waals surface area contributed by atoms with Gasteiger partial charge in [0.15, 0.2) is 0 Å². The summed E-state index contributed by atoms with van der Waals surface area (Å²) < 4.78 is 4.89. The Balaban J connectivity index is 3.66. The Kier molecular flexibility index (Phi) is 5.67. The van der Waals surface area contributed by atoms with Crippen molar-refractivity contribution in [2.24, 2.45) is 0 Å². The molecule has 0 bridgehead atoms. The minimum Gasteiger partial charge on any atom is -0.480 e. The summed E-state index contributed by atoms with van der Waals surface area (Å²) in [6.45, 7) is 3.40. The molecule has 13 heavy (non-hydrogen) atoms. The van der Waals surface area contributed by atoms with Crippen molar-refractivity contribution in [1.29, 1.82) is 0 Å². The molecule has 0 spiro atoms. The molecule has 0 unspecified atom stereocenters. The van der Waals surface area contributed by atoms with Gasteiger partial charge < -0.3 is 15.2 Å². The highest BCUT2D eigenvalue weighted by Gasteiger charge is 2.10. The Morgan fingerprint density at radius 1 is 1.38 bits per heavy atom. The standard InChI is InChI=1S/C8H15NO4/c1-3-6(4-2)13-8(12)9-5-7(10)11/h6H,3-5H2,1-2H3,(H,9,12)(H,10,11). The summed E-state index contributed by atoms with van der Waals surface area (Å²) in [4.78, 5) is 20.9. The van der Waals surface area contributed by atoms with Gasteiger partial charge in [-0.1, -0.05) is 13.8 Å². The smallest absolute Gasteiger partial charge is 0.407 e. The molecule has 0 aromatic heterocycles. The number of carboxylic acid groups (broad SMARTS) is 1. The molecule has 0 aliphatic heterocycles. The molecule has 0 atom stereocenters. The molecule has 0 radical (unpaired) electrons. The van der Waals surface area contributed by atoms with Crippen LogP contribution < -0.4 is 5.32 Å². The van der Waals surface area contributed by atoms with Crippen molar-refractivity contribution in [2.45, 2.75) is 32.8 Å². The van der Waals surface area contributed by atoms with Crippen LogP contribution in [0.4, 0.5) is 4.79 Å². The van der Waals surface area contributed by atoms with E-state index < -0.39 is 18.6 Å². The fraction of sp³-hybridized carbons (Fsp3) is 0.750. The van der Waals surface area contributed by atoms with E-state index in [1.54, 1.807) is 0 Å². The molecule has 0 aliphatic rings. The second kappa shape index (κ2) is 6.28. The first-order chi connectivity index (χ1) is 6.10. The number of rotatable bonds is 5. The number of ether oxygens (including phenoxy) is 1. The van der Waals surface area contributed by atoms with Crippen molar-refractivity contribution in [3.63, 3.8) is 0 Å². The van der Waals surface area contributed by atoms with E-state index in [1.165, 1.54) is 0 Å². The lowest BCUT2D eigenvalue weighted by atomic mass is 10.2. The van der Waals surface area contributed by atoms with Crippen LogP contribution in [0.1, 0.15) is 26.7 Å². The number of hydrogen-bond donors (Lipinski definition) is 2. The maximum absolute atomic E-state index is 10.9. The van der Waals surface area contributed by atoms with Crippen molar-refractivity contribution in [1.82, 2.24) is 5.32 Å². The van der Waals surface area contributed by atoms with E-state index in [2.05, 4.69) is 5.32 Å². The molecule has 1 amide bonds. The number of carbonyl (C=O) groups is 2. The summed E-state index contributed by atoms with van der Waals surface area (Å²) in [6, 6.07) is 0. The number of hydrogen-bond acceptors (Lipinski definition) is 3. The monoisotopic (exact) mass is 189 g/mol. The maximum atomic E-state index is 10.9. The average Bonchev–Trinajstić information content (AvgIpc) is 2.10. The molecule has 2 N–H and O–H groups in total. The van der Waals surface area contributed by atoms with Crippen molar-refractivity contribution < 1.29 is 19.4 Å². The molecule has 0 aliphatic carbocycles. The van der Waals surface area contributed by atoms with Crippen molar-refractivity contribution >= 4 is 12.1 Å². The quantitative estimate of drug-likeness (QED) is 0.676. The first kappa shape index (κ1) is 11.7. The Morgan fingerprint density at radius 3 is 2.31 bits per heavy atom. The SMILES string of the molecule is CCC(CC)OC(=O)NCC(=O)O. The third-order valence-corrected chi connectivity index (χ3v) is 1.57. The van der Waals surface area contributed by atoms with Gasteiger partial charge in [-0.2, -0.15) is 0 Å². The Morgan fingerprint density at radius 2 is 1.92 bits per heavy atom. The Labute approximate surface area is 77.1 Å². The van der Waals surface area contributed by atoms with E-state index in [-0.39, 0.29) is 6.10 Å². The fourth-order valence-electron chi connectivity index (χ4n) is 0.796. The summed E-state index contributed by atoms with van der Waals surface area (Å²) >= 11 is 0. The highest BCUT2D eigenvalue weighted by atomic mass is 16.6. The van der Waals surface area contributed by atoms with Crippen LogP contribution in [0.2, 0.25) is 0 Å². The number of amides is 1. The molecule has 0 fully saturated rings. The molecular weight excluding hydrogens is 174 g/mol. The van der Waals surface area contributed by atoms with Crippen LogP contribution in [-0.4, -0.2) is 29.8 Å². The highest BCUT2D eigenvalue weighted by molar-refractivity contribution is 5.76. The van der Waals surface area contributed by atoms with Gasteiger partial charge in [-0.15, -0.1) is 0 Å². The summed E-state index contributed by atoms with van der Waals surface area (Å²) in [6.07, 6.45) is 0.665. The Hall–Kier alpha value is -1.26. The lowest BCUT2D eigenvalue weighted by Crippen LogP contribution is -2.32. The molecule has 0 saturated heterocycles. The largest absolute Gasteiger partial charge is 0.480 e. The van der Waals surface area contributed by atoms with Crippen LogP contribution in [0.25, 0.3) is 0 Å². The van der Waals surface area contributed by atoms with E-state index in [0.29, 0.717) is 0 Å². The molecular formula is C8H15NO4. The van der Waals surface area contributed by atoms with Gasteiger partial charge in [0.1, 0.15) is 12.6 Å². The molecule has 0 aromatic rings. The van der Waals surface area contributed by atoms with Crippen molar-refractivity contribution in [2.75, 3.05) is 6.54 Å². The van der Waals surface area contributed by atoms with E-state index in [1.807, 2.05) is 13.8 Å². The van der Waals surface area contributed by atoms with Crippen LogP contribution >= 0.6 is 0 Å². The van der Waals surface area contributed by atoms with Crippen LogP contribution in [-0.2, 0) is 9.53 Å². The van der Waals surface area contributed by atoms with Gasteiger partial charge in [0, 0.05) is 0 Å². The van der Waals surface area contributed by atoms with Crippen molar-refractivity contribution in [3.8, 4) is 0 Å². The minimum atomic E-state index is -1.08. The van der Waals surface area contributed by atoms with Gasteiger partial charge >= 0.3 is 12.1 Å². The van der Waals surface area contributed by atoms with Crippen LogP contribution in [0, 0.1) is 0 Å². The van der Waals surface area contributed by atoms with Crippen LogP contribution in [0.5, 0.6) is 0 Å². The lowest BCUT2D eigenvalue weighted by molar-refractivity contribution is -0.135. The predicted molar refractivity (Wildman–Crippen MR) is 46.5 cm³/mol. The zero-order valence-electron chi connectivity index (χ0n) is 7.87. The van der Waals surface area contributed by atoms with Gasteiger partial charge in [-0.25, -0.2) is 4.79 Å². The lowest BCUT2D eigenvalue weighted by Gasteiger charge is -2.13. The average molecular weight is 189 g/mol. The van der Waals surface area contributed by atoms with Gasteiger partial charge in [-0.05, 0) is 12.8 Å². The first-order valence-corrected chi connectivity index (χ1v) is 4.26. The number of alkyl carbamates (subject to hydrolysis) is 1. The molecule has 0 saturated carbocycles. The molecule has 0 aromatic carbocycles.